The number of rotatable bonds is 1. The van der Waals surface area contributed by atoms with Gasteiger partial charge in [-0.15, -0.1) is 0 Å². The highest BCUT2D eigenvalue weighted by Gasteiger charge is 2.36. The number of carbonyl (C=O) groups excluding carboxylic acids is 1. The summed E-state index contributed by atoms with van der Waals surface area (Å²) in [6.45, 7) is 1.63. The molecule has 7 nitrogen and oxygen atoms in total. The van der Waals surface area contributed by atoms with Crippen LogP contribution in [0.3, 0.4) is 0 Å². The number of aromatic nitrogens is 3. The van der Waals surface area contributed by atoms with Crippen LogP contribution in [0.4, 0.5) is 11.5 Å². The number of hydrogen-bond acceptors (Lipinski definition) is 5. The Balaban J connectivity index is 1.66. The molecule has 0 radical (unpaired) electrons. The highest BCUT2D eigenvalue weighted by molar-refractivity contribution is 6.03. The number of anilines is 2. The second-order valence-electron chi connectivity index (χ2n) is 5.95. The van der Waals surface area contributed by atoms with Gasteiger partial charge in [-0.3, -0.25) is 4.79 Å². The maximum absolute atomic E-state index is 12.2. The maximum Gasteiger partial charge on any atom is 0.249 e. The van der Waals surface area contributed by atoms with Gasteiger partial charge in [-0.2, -0.15) is 0 Å². The molecule has 120 valence electrons. The van der Waals surface area contributed by atoms with E-state index >= 15 is 0 Å². The third kappa shape index (κ3) is 1.91. The van der Waals surface area contributed by atoms with Gasteiger partial charge in [-0.05, 0) is 12.1 Å². The minimum atomic E-state index is -0.322. The van der Waals surface area contributed by atoms with Gasteiger partial charge in [0.2, 0.25) is 5.91 Å². The predicted molar refractivity (Wildman–Crippen MR) is 89.9 cm³/mol. The number of aromatic amines is 1. The molecular weight excluding hydrogens is 306 g/mol. The van der Waals surface area contributed by atoms with Crippen molar-refractivity contribution < 1.29 is 9.53 Å². The first kappa shape index (κ1) is 13.5. The third-order valence-electron chi connectivity index (χ3n) is 4.57. The molecule has 2 aliphatic heterocycles. The van der Waals surface area contributed by atoms with Crippen LogP contribution in [0.25, 0.3) is 22.3 Å². The zero-order valence-electron chi connectivity index (χ0n) is 12.8. The Kier molecular flexibility index (Phi) is 2.83. The van der Waals surface area contributed by atoms with Crippen molar-refractivity contribution in [2.75, 3.05) is 30.0 Å². The highest BCUT2D eigenvalue weighted by atomic mass is 16.5. The van der Waals surface area contributed by atoms with Crippen molar-refractivity contribution in [3.63, 3.8) is 0 Å². The van der Waals surface area contributed by atoms with E-state index in [9.17, 15) is 4.79 Å². The van der Waals surface area contributed by atoms with Crippen molar-refractivity contribution in [3.8, 4) is 11.4 Å². The fraction of sp³-hybridized carbons (Fsp3) is 0.235. The molecule has 1 atom stereocenters. The minimum absolute atomic E-state index is 0.0636. The van der Waals surface area contributed by atoms with Crippen LogP contribution < -0.4 is 10.2 Å². The normalized spacial score (nSPS) is 19.8. The number of fused-ring (bicyclic) bond motifs is 4. The van der Waals surface area contributed by atoms with Gasteiger partial charge in [0.15, 0.2) is 11.6 Å². The van der Waals surface area contributed by atoms with E-state index < -0.39 is 0 Å². The molecule has 0 bridgehead atoms. The maximum atomic E-state index is 12.2. The summed E-state index contributed by atoms with van der Waals surface area (Å²) in [4.78, 5) is 26.6. The largest absolute Gasteiger partial charge is 0.377 e. The molecule has 1 unspecified atom stereocenters. The summed E-state index contributed by atoms with van der Waals surface area (Å²) in [6.07, 6.45) is 3.59. The molecule has 2 N–H and O–H groups in total. The van der Waals surface area contributed by atoms with E-state index in [4.69, 9.17) is 9.72 Å². The summed E-state index contributed by atoms with van der Waals surface area (Å²) < 4.78 is 5.44. The lowest BCUT2D eigenvalue weighted by Crippen LogP contribution is -2.55. The van der Waals surface area contributed by atoms with Crippen LogP contribution in [0.15, 0.2) is 36.7 Å². The quantitative estimate of drug-likeness (QED) is 0.714. The van der Waals surface area contributed by atoms with Crippen LogP contribution in [0.5, 0.6) is 0 Å². The lowest BCUT2D eigenvalue weighted by Gasteiger charge is -2.39. The standard InChI is InChI=1S/C17H15N5O2/c23-17-14-9-24-7-6-22(14)16-13(20-17)8-19-15(21-16)11-2-1-3-12-10(11)4-5-18-12/h1-5,8,14,18H,6-7,9H2,(H,20,23). The van der Waals surface area contributed by atoms with E-state index in [1.54, 1.807) is 6.20 Å². The number of H-pyrrole nitrogens is 1. The van der Waals surface area contributed by atoms with Crippen molar-refractivity contribution >= 4 is 28.3 Å². The molecule has 1 amide bonds. The number of morpholine rings is 1. The first-order valence-electron chi connectivity index (χ1n) is 7.90. The second kappa shape index (κ2) is 5.04. The number of hydrogen-bond donors (Lipinski definition) is 2. The summed E-state index contributed by atoms with van der Waals surface area (Å²) in [7, 11) is 0. The van der Waals surface area contributed by atoms with Crippen molar-refractivity contribution in [1.29, 1.82) is 0 Å². The Bertz CT molecular complexity index is 951. The average molecular weight is 321 g/mol. The second-order valence-corrected chi connectivity index (χ2v) is 5.95. The van der Waals surface area contributed by atoms with Crippen LogP contribution in [-0.2, 0) is 9.53 Å². The Hall–Kier alpha value is -2.93. The van der Waals surface area contributed by atoms with Crippen molar-refractivity contribution in [3.05, 3.63) is 36.7 Å². The predicted octanol–water partition coefficient (Wildman–Crippen LogP) is 1.78. The molecule has 1 aromatic carbocycles. The summed E-state index contributed by atoms with van der Waals surface area (Å²) in [5.41, 5.74) is 2.67. The molecule has 2 aromatic heterocycles. The Morgan fingerprint density at radius 2 is 2.25 bits per heavy atom. The van der Waals surface area contributed by atoms with E-state index in [1.807, 2.05) is 35.4 Å². The number of nitrogens with zero attached hydrogens (tertiary/aromatic N) is 3. The topological polar surface area (TPSA) is 83.1 Å². The Morgan fingerprint density at radius 1 is 1.29 bits per heavy atom. The monoisotopic (exact) mass is 321 g/mol. The fourth-order valence-corrected chi connectivity index (χ4v) is 3.38. The van der Waals surface area contributed by atoms with E-state index in [1.165, 1.54) is 0 Å². The van der Waals surface area contributed by atoms with E-state index in [0.29, 0.717) is 31.3 Å². The zero-order valence-corrected chi connectivity index (χ0v) is 12.8. The van der Waals surface area contributed by atoms with Gasteiger partial charge in [0.1, 0.15) is 11.7 Å². The van der Waals surface area contributed by atoms with Gasteiger partial charge in [-0.25, -0.2) is 9.97 Å². The van der Waals surface area contributed by atoms with E-state index in [-0.39, 0.29) is 11.9 Å². The van der Waals surface area contributed by atoms with Gasteiger partial charge < -0.3 is 19.9 Å². The highest BCUT2D eigenvalue weighted by Crippen LogP contribution is 2.34. The molecule has 5 rings (SSSR count). The summed E-state index contributed by atoms with van der Waals surface area (Å²) in [5.74, 6) is 1.35. The number of benzene rings is 1. The van der Waals surface area contributed by atoms with Crippen LogP contribution in [0.2, 0.25) is 0 Å². The molecular formula is C17H15N5O2. The van der Waals surface area contributed by atoms with Crippen molar-refractivity contribution in [2.24, 2.45) is 0 Å². The van der Waals surface area contributed by atoms with Crippen LogP contribution in [-0.4, -0.2) is 46.7 Å². The molecule has 3 aromatic rings. The van der Waals surface area contributed by atoms with Crippen molar-refractivity contribution in [1.82, 2.24) is 15.0 Å². The Morgan fingerprint density at radius 3 is 3.21 bits per heavy atom. The summed E-state index contributed by atoms with van der Waals surface area (Å²) in [5, 5.41) is 3.96. The molecule has 1 saturated heterocycles. The fourth-order valence-electron chi connectivity index (χ4n) is 3.38. The smallest absolute Gasteiger partial charge is 0.249 e. The first-order chi connectivity index (χ1) is 11.8. The molecule has 0 spiro atoms. The lowest BCUT2D eigenvalue weighted by atomic mass is 10.1. The lowest BCUT2D eigenvalue weighted by molar-refractivity contribution is -0.120. The van der Waals surface area contributed by atoms with E-state index in [0.717, 1.165) is 22.3 Å². The molecule has 2 aliphatic rings. The number of amides is 1. The average Bonchev–Trinajstić information content (AvgIpc) is 3.11. The van der Waals surface area contributed by atoms with Gasteiger partial charge in [-0.1, -0.05) is 12.1 Å². The molecule has 24 heavy (non-hydrogen) atoms. The van der Waals surface area contributed by atoms with E-state index in [2.05, 4.69) is 15.3 Å². The van der Waals surface area contributed by atoms with Crippen LogP contribution in [0, 0.1) is 0 Å². The molecule has 0 aliphatic carbocycles. The van der Waals surface area contributed by atoms with Crippen molar-refractivity contribution in [2.45, 2.75) is 6.04 Å². The van der Waals surface area contributed by atoms with Crippen LogP contribution in [0.1, 0.15) is 0 Å². The third-order valence-corrected chi connectivity index (χ3v) is 4.57. The molecule has 1 fully saturated rings. The summed E-state index contributed by atoms with van der Waals surface area (Å²) >= 11 is 0. The Labute approximate surface area is 137 Å². The zero-order chi connectivity index (χ0) is 16.1. The molecule has 4 heterocycles. The summed E-state index contributed by atoms with van der Waals surface area (Å²) in [6, 6.07) is 7.71. The number of ether oxygens (including phenoxy) is 1. The molecule has 7 heteroatoms. The van der Waals surface area contributed by atoms with Gasteiger partial charge in [0.25, 0.3) is 0 Å². The molecule has 0 saturated carbocycles. The van der Waals surface area contributed by atoms with Gasteiger partial charge >= 0.3 is 0 Å². The minimum Gasteiger partial charge on any atom is -0.377 e. The van der Waals surface area contributed by atoms with Gasteiger partial charge in [0.05, 0.1) is 19.4 Å². The SMILES string of the molecule is O=C1Nc2cnc(-c3cccc4[nH]ccc34)nc2N2CCOCC12. The number of carbonyl (C=O) groups is 1. The van der Waals surface area contributed by atoms with Gasteiger partial charge in [0, 0.05) is 29.2 Å². The first-order valence-corrected chi connectivity index (χ1v) is 7.90. The number of nitrogens with one attached hydrogen (secondary N) is 2. The van der Waals surface area contributed by atoms with Crippen LogP contribution >= 0.6 is 0 Å².